The molecule has 0 aromatic heterocycles. The number of para-hydroxylation sites is 1. The van der Waals surface area contributed by atoms with Crippen LogP contribution >= 0.6 is 23.4 Å². The van der Waals surface area contributed by atoms with E-state index < -0.39 is 24.2 Å². The van der Waals surface area contributed by atoms with Crippen LogP contribution in [0.2, 0.25) is 5.02 Å². The van der Waals surface area contributed by atoms with Crippen molar-refractivity contribution >= 4 is 40.9 Å². The molecule has 1 N–H and O–H groups in total. The lowest BCUT2D eigenvalue weighted by atomic mass is 10.3. The lowest BCUT2D eigenvalue weighted by molar-refractivity contribution is -0.149. The fourth-order valence-electron chi connectivity index (χ4n) is 1.82. The number of halogens is 3. The fraction of sp³-hybridized carbons (Fsp3) is 0.176. The van der Waals surface area contributed by atoms with E-state index in [4.69, 9.17) is 21.1 Å². The van der Waals surface area contributed by atoms with E-state index in [-0.39, 0.29) is 17.2 Å². The van der Waals surface area contributed by atoms with E-state index in [1.165, 1.54) is 12.1 Å². The Balaban J connectivity index is 1.78. The SMILES string of the molecule is O=C(COC(=O)COc1ccc(Cl)cc1)Nc1ccccc1SC(F)F. The summed E-state index contributed by atoms with van der Waals surface area (Å²) in [5.41, 5.74) is 0.219. The number of nitrogens with one attached hydrogen (secondary N) is 1. The Hall–Kier alpha value is -2.32. The number of anilines is 1. The summed E-state index contributed by atoms with van der Waals surface area (Å²) in [6.45, 7) is -0.941. The molecule has 0 aliphatic carbocycles. The third kappa shape index (κ3) is 6.89. The highest BCUT2D eigenvalue weighted by molar-refractivity contribution is 7.99. The number of thioether (sulfide) groups is 1. The van der Waals surface area contributed by atoms with Gasteiger partial charge in [-0.2, -0.15) is 8.78 Å². The minimum absolute atomic E-state index is 0.216. The zero-order valence-corrected chi connectivity index (χ0v) is 14.9. The van der Waals surface area contributed by atoms with Gasteiger partial charge in [-0.3, -0.25) is 4.79 Å². The average molecular weight is 402 g/mol. The molecule has 2 aromatic carbocycles. The van der Waals surface area contributed by atoms with Gasteiger partial charge in [-0.1, -0.05) is 35.5 Å². The monoisotopic (exact) mass is 401 g/mol. The number of carbonyl (C=O) groups is 2. The van der Waals surface area contributed by atoms with Crippen LogP contribution in [0.25, 0.3) is 0 Å². The minimum atomic E-state index is -2.61. The molecule has 0 bridgehead atoms. The van der Waals surface area contributed by atoms with Crippen molar-refractivity contribution in [3.05, 3.63) is 53.6 Å². The summed E-state index contributed by atoms with van der Waals surface area (Å²) in [7, 11) is 0. The summed E-state index contributed by atoms with van der Waals surface area (Å²) in [4.78, 5) is 23.6. The molecule has 2 aromatic rings. The predicted molar refractivity (Wildman–Crippen MR) is 94.8 cm³/mol. The molecule has 5 nitrogen and oxygen atoms in total. The van der Waals surface area contributed by atoms with Crippen LogP contribution < -0.4 is 10.1 Å². The first kappa shape index (κ1) is 20.0. The van der Waals surface area contributed by atoms with Crippen LogP contribution in [-0.4, -0.2) is 30.8 Å². The van der Waals surface area contributed by atoms with E-state index in [9.17, 15) is 18.4 Å². The highest BCUT2D eigenvalue weighted by Crippen LogP contribution is 2.31. The zero-order valence-electron chi connectivity index (χ0n) is 13.3. The van der Waals surface area contributed by atoms with E-state index in [1.807, 2.05) is 0 Å². The molecule has 1 amide bonds. The average Bonchev–Trinajstić information content (AvgIpc) is 2.61. The van der Waals surface area contributed by atoms with Crippen molar-refractivity contribution in [1.29, 1.82) is 0 Å². The standard InChI is InChI=1S/C17H14ClF2NO4S/c18-11-5-7-12(8-6-11)24-10-16(23)25-9-15(22)21-13-3-1-2-4-14(13)26-17(19)20/h1-8,17H,9-10H2,(H,21,22). The number of carbonyl (C=O) groups excluding carboxylic acids is 2. The summed E-state index contributed by atoms with van der Waals surface area (Å²) in [5, 5.41) is 2.95. The van der Waals surface area contributed by atoms with Crippen LogP contribution in [0.1, 0.15) is 0 Å². The molecule has 0 aliphatic heterocycles. The Labute approximate surface area is 157 Å². The van der Waals surface area contributed by atoms with Crippen LogP contribution in [0, 0.1) is 0 Å². The van der Waals surface area contributed by atoms with Crippen molar-refractivity contribution < 1.29 is 27.8 Å². The summed E-state index contributed by atoms with van der Waals surface area (Å²) >= 11 is 6.04. The van der Waals surface area contributed by atoms with Gasteiger partial charge in [0.05, 0.1) is 5.69 Å². The van der Waals surface area contributed by atoms with E-state index in [1.54, 1.807) is 36.4 Å². The first-order chi connectivity index (χ1) is 12.4. The number of hydrogen-bond acceptors (Lipinski definition) is 5. The number of benzene rings is 2. The van der Waals surface area contributed by atoms with Crippen molar-refractivity contribution in [2.45, 2.75) is 10.7 Å². The molecule has 0 unspecified atom stereocenters. The van der Waals surface area contributed by atoms with Gasteiger partial charge in [0.15, 0.2) is 13.2 Å². The molecule has 0 aliphatic rings. The minimum Gasteiger partial charge on any atom is -0.482 e. The molecule has 0 fully saturated rings. The quantitative estimate of drug-likeness (QED) is 0.530. The predicted octanol–water partition coefficient (Wildman–Crippen LogP) is 4.22. The molecule has 9 heteroatoms. The maximum absolute atomic E-state index is 12.5. The molecule has 0 spiro atoms. The van der Waals surface area contributed by atoms with Gasteiger partial charge in [0, 0.05) is 9.92 Å². The van der Waals surface area contributed by atoms with Crippen molar-refractivity contribution in [3.8, 4) is 5.75 Å². The Morgan fingerprint density at radius 3 is 2.46 bits per heavy atom. The van der Waals surface area contributed by atoms with Gasteiger partial charge in [-0.05, 0) is 36.4 Å². The molecular weight excluding hydrogens is 388 g/mol. The first-order valence-electron chi connectivity index (χ1n) is 7.31. The Morgan fingerprint density at radius 1 is 1.08 bits per heavy atom. The molecular formula is C17H14ClF2NO4S. The molecule has 0 radical (unpaired) electrons. The largest absolute Gasteiger partial charge is 0.482 e. The van der Waals surface area contributed by atoms with Gasteiger partial charge in [0.25, 0.3) is 11.7 Å². The molecule has 138 valence electrons. The number of hydrogen-bond donors (Lipinski definition) is 1. The van der Waals surface area contributed by atoms with Crippen molar-refractivity contribution in [3.63, 3.8) is 0 Å². The van der Waals surface area contributed by atoms with E-state index >= 15 is 0 Å². The van der Waals surface area contributed by atoms with Crippen LogP contribution in [0.4, 0.5) is 14.5 Å². The van der Waals surface area contributed by atoms with Crippen molar-refractivity contribution in [1.82, 2.24) is 0 Å². The van der Waals surface area contributed by atoms with E-state index in [2.05, 4.69) is 5.32 Å². The highest BCUT2D eigenvalue weighted by Gasteiger charge is 2.13. The third-order valence-electron chi connectivity index (χ3n) is 2.91. The van der Waals surface area contributed by atoms with Gasteiger partial charge in [-0.25, -0.2) is 4.79 Å². The number of esters is 1. The van der Waals surface area contributed by atoms with Crippen LogP contribution in [0.5, 0.6) is 5.75 Å². The number of alkyl halides is 2. The first-order valence-corrected chi connectivity index (χ1v) is 8.57. The number of ether oxygens (including phenoxy) is 2. The Kier molecular flexibility index (Phi) is 7.68. The number of amides is 1. The molecule has 0 atom stereocenters. The van der Waals surface area contributed by atoms with Gasteiger partial charge >= 0.3 is 5.97 Å². The van der Waals surface area contributed by atoms with Crippen molar-refractivity contribution in [2.24, 2.45) is 0 Å². The fourth-order valence-corrected chi connectivity index (χ4v) is 2.54. The van der Waals surface area contributed by atoms with Gasteiger partial charge in [0.2, 0.25) is 0 Å². The van der Waals surface area contributed by atoms with Crippen LogP contribution in [0.15, 0.2) is 53.4 Å². The summed E-state index contributed by atoms with van der Waals surface area (Å²) in [5.74, 6) is -3.58. The lowest BCUT2D eigenvalue weighted by Gasteiger charge is -2.11. The van der Waals surface area contributed by atoms with Gasteiger partial charge < -0.3 is 14.8 Å². The lowest BCUT2D eigenvalue weighted by Crippen LogP contribution is -2.23. The summed E-state index contributed by atoms with van der Waals surface area (Å²) in [6.07, 6.45) is 0. The third-order valence-corrected chi connectivity index (χ3v) is 3.95. The summed E-state index contributed by atoms with van der Waals surface area (Å²) < 4.78 is 35.0. The second-order valence-electron chi connectivity index (χ2n) is 4.83. The van der Waals surface area contributed by atoms with E-state index in [0.717, 1.165) is 0 Å². The maximum Gasteiger partial charge on any atom is 0.344 e. The molecule has 2 rings (SSSR count). The molecule has 0 heterocycles. The Morgan fingerprint density at radius 2 is 1.77 bits per heavy atom. The van der Waals surface area contributed by atoms with E-state index in [0.29, 0.717) is 22.5 Å². The maximum atomic E-state index is 12.5. The van der Waals surface area contributed by atoms with Crippen LogP contribution in [0.3, 0.4) is 0 Å². The van der Waals surface area contributed by atoms with Crippen LogP contribution in [-0.2, 0) is 14.3 Å². The smallest absolute Gasteiger partial charge is 0.344 e. The van der Waals surface area contributed by atoms with Gasteiger partial charge in [-0.15, -0.1) is 0 Å². The normalized spacial score (nSPS) is 10.5. The molecule has 0 saturated heterocycles. The second-order valence-corrected chi connectivity index (χ2v) is 6.29. The van der Waals surface area contributed by atoms with Crippen molar-refractivity contribution in [2.75, 3.05) is 18.5 Å². The zero-order chi connectivity index (χ0) is 18.9. The summed E-state index contributed by atoms with van der Waals surface area (Å²) in [6, 6.07) is 12.5. The van der Waals surface area contributed by atoms with Gasteiger partial charge in [0.1, 0.15) is 5.75 Å². The Bertz CT molecular complexity index is 759. The highest BCUT2D eigenvalue weighted by atomic mass is 35.5. The topological polar surface area (TPSA) is 64.6 Å². The number of rotatable bonds is 8. The molecule has 0 saturated carbocycles. The molecule has 26 heavy (non-hydrogen) atoms. The second kappa shape index (κ2) is 9.98.